The summed E-state index contributed by atoms with van der Waals surface area (Å²) in [5, 5.41) is 0. The van der Waals surface area contributed by atoms with Crippen LogP contribution >= 0.6 is 44.9 Å². The van der Waals surface area contributed by atoms with Gasteiger partial charge in [-0.2, -0.15) is 11.8 Å². The molecule has 0 saturated heterocycles. The van der Waals surface area contributed by atoms with E-state index in [0.717, 1.165) is 17.9 Å². The summed E-state index contributed by atoms with van der Waals surface area (Å²) in [5.74, 6) is 2.14. The largest absolute Gasteiger partial charge is 0.292 e. The molecule has 3 nitrogen and oxygen atoms in total. The highest BCUT2D eigenvalue weighted by Gasteiger charge is 2.18. The van der Waals surface area contributed by atoms with Gasteiger partial charge in [0.25, 0.3) is 0 Å². The summed E-state index contributed by atoms with van der Waals surface area (Å²) in [6, 6.07) is 3.39. The van der Waals surface area contributed by atoms with Crippen LogP contribution < -0.4 is 4.34 Å². The second kappa shape index (κ2) is 10.1. The van der Waals surface area contributed by atoms with Gasteiger partial charge in [0, 0.05) is 34.1 Å². The summed E-state index contributed by atoms with van der Waals surface area (Å²) in [6.45, 7) is 2.12. The van der Waals surface area contributed by atoms with E-state index in [9.17, 15) is 4.79 Å². The van der Waals surface area contributed by atoms with E-state index < -0.39 is 0 Å². The van der Waals surface area contributed by atoms with Gasteiger partial charge in [-0.1, -0.05) is 6.92 Å². The number of ketones is 1. The second-order valence-corrected chi connectivity index (χ2v) is 5.10. The zero-order valence-corrected chi connectivity index (χ0v) is 13.7. The maximum Gasteiger partial charge on any atom is 0.182 e. The Bertz CT molecular complexity index is 325. The van der Waals surface area contributed by atoms with Crippen molar-refractivity contribution in [2.45, 2.75) is 19.4 Å². The van der Waals surface area contributed by atoms with Gasteiger partial charge in [-0.25, -0.2) is 4.34 Å². The molecule has 0 bridgehead atoms. The Balaban J connectivity index is 0.00000256. The molecular formula is C11H16Br2N2OS. The van der Waals surface area contributed by atoms with E-state index in [-0.39, 0.29) is 28.8 Å². The van der Waals surface area contributed by atoms with Gasteiger partial charge in [0.1, 0.15) is 0 Å². The van der Waals surface area contributed by atoms with Crippen molar-refractivity contribution in [2.24, 2.45) is 0 Å². The first kappa shape index (κ1) is 17.1. The van der Waals surface area contributed by atoms with Crippen LogP contribution in [0.4, 0.5) is 0 Å². The summed E-state index contributed by atoms with van der Waals surface area (Å²) < 4.78 is 2.88. The van der Waals surface area contributed by atoms with Gasteiger partial charge in [0.15, 0.2) is 5.78 Å². The predicted octanol–water partition coefficient (Wildman–Crippen LogP) is 3.25. The van der Waals surface area contributed by atoms with E-state index in [1.807, 2.05) is 11.8 Å². The van der Waals surface area contributed by atoms with E-state index in [0.29, 0.717) is 5.56 Å². The molecule has 0 unspecified atom stereocenters. The molecule has 0 aliphatic carbocycles. The first-order valence-corrected chi connectivity index (χ1v) is 7.12. The third-order valence-corrected chi connectivity index (χ3v) is 3.63. The van der Waals surface area contributed by atoms with Gasteiger partial charge in [0.2, 0.25) is 0 Å². The standard InChI is InChI=1S/C11H15BrN2OS.BrH/c1-2-16-7-5-10(14-12)11(15)9-4-3-6-13-8-9;/h3-4,6,8,10,14H,2,5,7H2,1H3;1H/t10-;/m0./s1. The molecule has 96 valence electrons. The van der Waals surface area contributed by atoms with Crippen LogP contribution in [0.2, 0.25) is 0 Å². The van der Waals surface area contributed by atoms with Crippen LogP contribution in [0, 0.1) is 0 Å². The molecule has 0 spiro atoms. The third kappa shape index (κ3) is 5.99. The average Bonchev–Trinajstić information content (AvgIpc) is 2.35. The Hall–Kier alpha value is 0.0900. The van der Waals surface area contributed by atoms with Crippen LogP contribution in [-0.4, -0.2) is 28.3 Å². The predicted molar refractivity (Wildman–Crippen MR) is 82.4 cm³/mol. The van der Waals surface area contributed by atoms with Gasteiger partial charge in [-0.05, 0) is 30.1 Å². The molecule has 1 heterocycles. The van der Waals surface area contributed by atoms with E-state index in [2.05, 4.69) is 32.4 Å². The van der Waals surface area contributed by atoms with Gasteiger partial charge >= 0.3 is 0 Å². The number of nitrogens with zero attached hydrogens (tertiary/aromatic N) is 1. The maximum absolute atomic E-state index is 12.0. The summed E-state index contributed by atoms with van der Waals surface area (Å²) >= 11 is 5.00. The lowest BCUT2D eigenvalue weighted by atomic mass is 10.1. The highest BCUT2D eigenvalue weighted by atomic mass is 79.9. The number of Topliss-reactive ketones (excluding diaryl/α,β-unsaturated/α-hetero) is 1. The lowest BCUT2D eigenvalue weighted by molar-refractivity contribution is 0.0954. The molecule has 0 aliphatic heterocycles. The molecule has 17 heavy (non-hydrogen) atoms. The molecule has 0 amide bonds. The Morgan fingerprint density at radius 3 is 2.94 bits per heavy atom. The van der Waals surface area contributed by atoms with Crippen molar-refractivity contribution in [2.75, 3.05) is 11.5 Å². The minimum Gasteiger partial charge on any atom is -0.292 e. The monoisotopic (exact) mass is 382 g/mol. The molecule has 1 N–H and O–H groups in total. The molecule has 1 aromatic rings. The Kier molecular flexibility index (Phi) is 10.1. The number of halogens is 2. The molecule has 0 aliphatic rings. The van der Waals surface area contributed by atoms with Crippen LogP contribution in [0.3, 0.4) is 0 Å². The number of aromatic nitrogens is 1. The van der Waals surface area contributed by atoms with Crippen molar-refractivity contribution in [1.82, 2.24) is 9.33 Å². The van der Waals surface area contributed by atoms with E-state index in [1.165, 1.54) is 0 Å². The van der Waals surface area contributed by atoms with Crippen LogP contribution in [-0.2, 0) is 0 Å². The zero-order valence-electron chi connectivity index (χ0n) is 9.56. The number of pyridine rings is 1. The van der Waals surface area contributed by atoms with Crippen LogP contribution in [0.1, 0.15) is 23.7 Å². The van der Waals surface area contributed by atoms with E-state index >= 15 is 0 Å². The first-order valence-electron chi connectivity index (χ1n) is 5.17. The number of rotatable bonds is 7. The van der Waals surface area contributed by atoms with Gasteiger partial charge in [-0.3, -0.25) is 9.78 Å². The molecule has 0 radical (unpaired) electrons. The van der Waals surface area contributed by atoms with E-state index in [1.54, 1.807) is 24.5 Å². The topological polar surface area (TPSA) is 42.0 Å². The van der Waals surface area contributed by atoms with Gasteiger partial charge < -0.3 is 0 Å². The lowest BCUT2D eigenvalue weighted by Gasteiger charge is -2.12. The SMILES string of the molecule is Br.CCSCC[C@H](NBr)C(=O)c1cccnc1. The van der Waals surface area contributed by atoms with E-state index in [4.69, 9.17) is 0 Å². The number of nitrogens with one attached hydrogen (secondary N) is 1. The maximum atomic E-state index is 12.0. The highest BCUT2D eigenvalue weighted by Crippen LogP contribution is 2.10. The van der Waals surface area contributed by atoms with Crippen LogP contribution in [0.15, 0.2) is 24.5 Å². The quantitative estimate of drug-likeness (QED) is 0.445. The number of thioether (sulfide) groups is 1. The Morgan fingerprint density at radius 1 is 1.65 bits per heavy atom. The van der Waals surface area contributed by atoms with Crippen molar-refractivity contribution in [3.05, 3.63) is 30.1 Å². The Labute approximate surface area is 125 Å². The number of hydrogen-bond donors (Lipinski definition) is 1. The molecule has 0 saturated carbocycles. The normalized spacial score (nSPS) is 11.6. The summed E-state index contributed by atoms with van der Waals surface area (Å²) in [4.78, 5) is 16.0. The van der Waals surface area contributed by atoms with Crippen molar-refractivity contribution < 1.29 is 4.79 Å². The van der Waals surface area contributed by atoms with Crippen molar-refractivity contribution in [3.8, 4) is 0 Å². The number of carbonyl (C=O) groups excluding carboxylic acids is 1. The summed E-state index contributed by atoms with van der Waals surface area (Å²) in [7, 11) is 0. The molecule has 1 aromatic heterocycles. The minimum absolute atomic E-state index is 0. The number of hydrogen-bond acceptors (Lipinski definition) is 4. The summed E-state index contributed by atoms with van der Waals surface area (Å²) in [5.41, 5.74) is 0.654. The van der Waals surface area contributed by atoms with Gasteiger partial charge in [0.05, 0.1) is 6.04 Å². The molecular weight excluding hydrogens is 368 g/mol. The lowest BCUT2D eigenvalue weighted by Crippen LogP contribution is -2.31. The second-order valence-electron chi connectivity index (χ2n) is 3.25. The fourth-order valence-electron chi connectivity index (χ4n) is 1.29. The van der Waals surface area contributed by atoms with Crippen LogP contribution in [0.5, 0.6) is 0 Å². The minimum atomic E-state index is -0.178. The molecule has 1 atom stereocenters. The fraction of sp³-hybridized carbons (Fsp3) is 0.455. The summed E-state index contributed by atoms with van der Waals surface area (Å²) in [6.07, 6.45) is 4.09. The van der Waals surface area contributed by atoms with Gasteiger partial charge in [-0.15, -0.1) is 17.0 Å². The molecule has 0 fully saturated rings. The average molecular weight is 384 g/mol. The highest BCUT2D eigenvalue weighted by molar-refractivity contribution is 9.08. The fourth-order valence-corrected chi connectivity index (χ4v) is 2.42. The zero-order chi connectivity index (χ0) is 11.8. The third-order valence-electron chi connectivity index (χ3n) is 2.15. The van der Waals surface area contributed by atoms with Crippen molar-refractivity contribution in [1.29, 1.82) is 0 Å². The molecule has 6 heteroatoms. The van der Waals surface area contributed by atoms with Crippen molar-refractivity contribution in [3.63, 3.8) is 0 Å². The molecule has 0 aromatic carbocycles. The Morgan fingerprint density at radius 2 is 2.41 bits per heavy atom. The molecule has 1 rings (SSSR count). The number of carbonyl (C=O) groups is 1. The first-order chi connectivity index (χ1) is 7.79. The van der Waals surface area contributed by atoms with Crippen LogP contribution in [0.25, 0.3) is 0 Å². The smallest absolute Gasteiger partial charge is 0.182 e. The van der Waals surface area contributed by atoms with Crippen molar-refractivity contribution >= 4 is 50.7 Å².